The summed E-state index contributed by atoms with van der Waals surface area (Å²) in [6, 6.07) is 12.9. The fourth-order valence-corrected chi connectivity index (χ4v) is 1.62. The lowest BCUT2D eigenvalue weighted by molar-refractivity contribution is -0.384. The molecule has 0 saturated carbocycles. The predicted molar refractivity (Wildman–Crippen MR) is 73.9 cm³/mol. The highest BCUT2D eigenvalue weighted by Crippen LogP contribution is 2.28. The zero-order valence-corrected chi connectivity index (χ0v) is 10.7. The van der Waals surface area contributed by atoms with Gasteiger partial charge < -0.3 is 10.1 Å². The van der Waals surface area contributed by atoms with E-state index in [4.69, 9.17) is 10.00 Å². The van der Waals surface area contributed by atoms with Gasteiger partial charge in [0.25, 0.3) is 5.69 Å². The summed E-state index contributed by atoms with van der Waals surface area (Å²) in [5, 5.41) is 22.7. The molecule has 0 aromatic heterocycles. The molecule has 6 nitrogen and oxygen atoms in total. The molecule has 1 N–H and O–H groups in total. The molecule has 2 aromatic carbocycles. The van der Waals surface area contributed by atoms with E-state index in [1.54, 1.807) is 19.2 Å². The zero-order chi connectivity index (χ0) is 14.5. The molecule has 0 heterocycles. The molecule has 6 heteroatoms. The fourth-order valence-electron chi connectivity index (χ4n) is 1.62. The maximum atomic E-state index is 10.7. The van der Waals surface area contributed by atoms with Crippen molar-refractivity contribution < 1.29 is 9.66 Å². The summed E-state index contributed by atoms with van der Waals surface area (Å²) >= 11 is 0. The summed E-state index contributed by atoms with van der Waals surface area (Å²) in [5.74, 6) is 0.838. The van der Waals surface area contributed by atoms with Crippen LogP contribution in [0.5, 0.6) is 11.5 Å². The van der Waals surface area contributed by atoms with Crippen molar-refractivity contribution in [3.05, 3.63) is 58.1 Å². The minimum absolute atomic E-state index is 0.122. The molecule has 2 rings (SSSR count). The largest absolute Gasteiger partial charge is 0.456 e. The van der Waals surface area contributed by atoms with Crippen molar-refractivity contribution >= 4 is 11.4 Å². The molecule has 2 aromatic rings. The number of rotatable bonds is 4. The van der Waals surface area contributed by atoms with Gasteiger partial charge in [0.15, 0.2) is 0 Å². The van der Waals surface area contributed by atoms with E-state index < -0.39 is 4.92 Å². The van der Waals surface area contributed by atoms with Crippen LogP contribution >= 0.6 is 0 Å². The molecule has 0 bridgehead atoms. The monoisotopic (exact) mass is 269 g/mol. The molecule has 0 fully saturated rings. The Labute approximate surface area is 115 Å². The molecule has 0 saturated heterocycles. The van der Waals surface area contributed by atoms with Crippen LogP contribution in [0.15, 0.2) is 42.5 Å². The van der Waals surface area contributed by atoms with Crippen molar-refractivity contribution in [2.24, 2.45) is 0 Å². The fraction of sp³-hybridized carbons (Fsp3) is 0.0714. The Morgan fingerprint density at radius 3 is 2.50 bits per heavy atom. The standard InChI is InChI=1S/C14H11N3O3/c1-16-11-2-5-13(6-3-11)20-14-7-4-12(17(18)19)8-10(14)9-15/h2-8,16H,1H3. The third-order valence-electron chi connectivity index (χ3n) is 2.67. The van der Waals surface area contributed by atoms with Gasteiger partial charge in [-0.25, -0.2) is 0 Å². The second kappa shape index (κ2) is 5.71. The first kappa shape index (κ1) is 13.4. The lowest BCUT2D eigenvalue weighted by Gasteiger charge is -2.08. The number of non-ortho nitro benzene ring substituents is 1. The maximum Gasteiger partial charge on any atom is 0.271 e. The molecular weight excluding hydrogens is 258 g/mol. The van der Waals surface area contributed by atoms with Crippen LogP contribution < -0.4 is 10.1 Å². The highest BCUT2D eigenvalue weighted by Gasteiger charge is 2.12. The predicted octanol–water partition coefficient (Wildman–Crippen LogP) is 3.30. The van der Waals surface area contributed by atoms with Gasteiger partial charge in [0, 0.05) is 24.9 Å². The number of hydrogen-bond donors (Lipinski definition) is 1. The highest BCUT2D eigenvalue weighted by atomic mass is 16.6. The highest BCUT2D eigenvalue weighted by molar-refractivity contribution is 5.52. The summed E-state index contributed by atoms with van der Waals surface area (Å²) < 4.78 is 5.56. The minimum Gasteiger partial charge on any atom is -0.456 e. The molecule has 0 atom stereocenters. The van der Waals surface area contributed by atoms with Crippen molar-refractivity contribution in [3.63, 3.8) is 0 Å². The van der Waals surface area contributed by atoms with Crippen LogP contribution in [-0.4, -0.2) is 12.0 Å². The van der Waals surface area contributed by atoms with Crippen LogP contribution in [0, 0.1) is 21.4 Å². The summed E-state index contributed by atoms with van der Waals surface area (Å²) in [6.45, 7) is 0. The summed E-state index contributed by atoms with van der Waals surface area (Å²) in [6.07, 6.45) is 0. The Kier molecular flexibility index (Phi) is 3.82. The molecule has 0 spiro atoms. The summed E-state index contributed by atoms with van der Waals surface area (Å²) in [4.78, 5) is 10.1. The first-order chi connectivity index (χ1) is 9.63. The van der Waals surface area contributed by atoms with E-state index >= 15 is 0 Å². The molecule has 0 radical (unpaired) electrons. The van der Waals surface area contributed by atoms with E-state index in [0.29, 0.717) is 5.75 Å². The van der Waals surface area contributed by atoms with Crippen molar-refractivity contribution in [1.82, 2.24) is 0 Å². The molecule has 0 amide bonds. The maximum absolute atomic E-state index is 10.7. The minimum atomic E-state index is -0.549. The Morgan fingerprint density at radius 2 is 1.95 bits per heavy atom. The molecule has 0 aliphatic heterocycles. The van der Waals surface area contributed by atoms with Crippen molar-refractivity contribution in [2.75, 3.05) is 12.4 Å². The second-order valence-electron chi connectivity index (χ2n) is 3.93. The number of benzene rings is 2. The van der Waals surface area contributed by atoms with E-state index in [-0.39, 0.29) is 17.0 Å². The third-order valence-corrected chi connectivity index (χ3v) is 2.67. The van der Waals surface area contributed by atoms with Crippen LogP contribution in [0.25, 0.3) is 0 Å². The Morgan fingerprint density at radius 1 is 1.25 bits per heavy atom. The number of hydrogen-bond acceptors (Lipinski definition) is 5. The lowest BCUT2D eigenvalue weighted by Crippen LogP contribution is -1.93. The van der Waals surface area contributed by atoms with Gasteiger partial charge in [0.05, 0.1) is 4.92 Å². The third kappa shape index (κ3) is 2.84. The smallest absolute Gasteiger partial charge is 0.271 e. The quantitative estimate of drug-likeness (QED) is 0.679. The van der Waals surface area contributed by atoms with Gasteiger partial charge in [0.2, 0.25) is 0 Å². The second-order valence-corrected chi connectivity index (χ2v) is 3.93. The number of nitro benzene ring substituents is 1. The average Bonchev–Trinajstić information content (AvgIpc) is 2.48. The molecule has 0 unspecified atom stereocenters. The van der Waals surface area contributed by atoms with E-state index in [1.165, 1.54) is 18.2 Å². The van der Waals surface area contributed by atoms with Crippen LogP contribution in [0.1, 0.15) is 5.56 Å². The van der Waals surface area contributed by atoms with E-state index in [0.717, 1.165) is 5.69 Å². The molecule has 0 aliphatic carbocycles. The molecule has 20 heavy (non-hydrogen) atoms. The number of nitrogens with zero attached hydrogens (tertiary/aromatic N) is 2. The van der Waals surface area contributed by atoms with Gasteiger partial charge in [-0.05, 0) is 30.3 Å². The number of nitrogens with one attached hydrogen (secondary N) is 1. The van der Waals surface area contributed by atoms with Crippen LogP contribution in [0.3, 0.4) is 0 Å². The van der Waals surface area contributed by atoms with E-state index in [2.05, 4.69) is 5.32 Å². The number of ether oxygens (including phenoxy) is 1. The number of nitriles is 1. The average molecular weight is 269 g/mol. The van der Waals surface area contributed by atoms with Crippen LogP contribution in [-0.2, 0) is 0 Å². The summed E-state index contributed by atoms with van der Waals surface area (Å²) in [7, 11) is 1.81. The van der Waals surface area contributed by atoms with Crippen molar-refractivity contribution in [2.45, 2.75) is 0 Å². The SMILES string of the molecule is CNc1ccc(Oc2ccc([N+](=O)[O-])cc2C#N)cc1. The van der Waals surface area contributed by atoms with Gasteiger partial charge in [-0.3, -0.25) is 10.1 Å². The Balaban J connectivity index is 2.28. The normalized spacial score (nSPS) is 9.60. The zero-order valence-electron chi connectivity index (χ0n) is 10.7. The van der Waals surface area contributed by atoms with Crippen molar-refractivity contribution in [1.29, 1.82) is 5.26 Å². The molecule has 100 valence electrons. The first-order valence-corrected chi connectivity index (χ1v) is 5.78. The van der Waals surface area contributed by atoms with Gasteiger partial charge in [-0.2, -0.15) is 5.26 Å². The molecule has 0 aliphatic rings. The van der Waals surface area contributed by atoms with Crippen LogP contribution in [0.4, 0.5) is 11.4 Å². The molecular formula is C14H11N3O3. The van der Waals surface area contributed by atoms with Gasteiger partial charge in [-0.1, -0.05) is 0 Å². The summed E-state index contributed by atoms with van der Waals surface area (Å²) in [5.41, 5.74) is 0.915. The van der Waals surface area contributed by atoms with E-state index in [9.17, 15) is 10.1 Å². The van der Waals surface area contributed by atoms with Crippen LogP contribution in [0.2, 0.25) is 0 Å². The van der Waals surface area contributed by atoms with Gasteiger partial charge in [-0.15, -0.1) is 0 Å². The Hall–Kier alpha value is -3.07. The van der Waals surface area contributed by atoms with E-state index in [1.807, 2.05) is 18.2 Å². The topological polar surface area (TPSA) is 88.2 Å². The lowest BCUT2D eigenvalue weighted by atomic mass is 10.2. The van der Waals surface area contributed by atoms with Gasteiger partial charge >= 0.3 is 0 Å². The number of anilines is 1. The van der Waals surface area contributed by atoms with Crippen molar-refractivity contribution in [3.8, 4) is 17.6 Å². The first-order valence-electron chi connectivity index (χ1n) is 5.78. The van der Waals surface area contributed by atoms with Gasteiger partial charge in [0.1, 0.15) is 23.1 Å². The number of nitro groups is 1. The Bertz CT molecular complexity index is 675.